The Balaban J connectivity index is 2.63. The molecule has 0 unspecified atom stereocenters. The smallest absolute Gasteiger partial charge is 0.410 e. The molecule has 0 radical (unpaired) electrons. The third-order valence-corrected chi connectivity index (χ3v) is 3.34. The lowest BCUT2D eigenvalue weighted by molar-refractivity contribution is 0.0279. The largest absolute Gasteiger partial charge is 0.444 e. The summed E-state index contributed by atoms with van der Waals surface area (Å²) >= 11 is 0. The minimum Gasteiger partial charge on any atom is -0.444 e. The molecule has 0 bridgehead atoms. The van der Waals surface area contributed by atoms with Gasteiger partial charge in [0.2, 0.25) is 0 Å². The van der Waals surface area contributed by atoms with Crippen LogP contribution in [0.5, 0.6) is 0 Å². The van der Waals surface area contributed by atoms with E-state index in [-0.39, 0.29) is 24.0 Å². The van der Waals surface area contributed by atoms with Crippen molar-refractivity contribution >= 4 is 6.09 Å². The van der Waals surface area contributed by atoms with Gasteiger partial charge in [-0.2, -0.15) is 0 Å². The molecule has 0 aromatic heterocycles. The summed E-state index contributed by atoms with van der Waals surface area (Å²) in [6.07, 6.45) is 0.750. The predicted molar refractivity (Wildman–Crippen MR) is 75.9 cm³/mol. The maximum absolute atomic E-state index is 12.1. The van der Waals surface area contributed by atoms with Gasteiger partial charge in [0.1, 0.15) is 5.60 Å². The number of aliphatic hydroxyl groups is 1. The highest BCUT2D eigenvalue weighted by Gasteiger charge is 2.38. The fraction of sp³-hybridized carbons (Fsp3) is 0.933. The van der Waals surface area contributed by atoms with E-state index in [1.54, 1.807) is 4.90 Å². The Bertz CT molecular complexity index is 314. The van der Waals surface area contributed by atoms with Crippen LogP contribution in [0.3, 0.4) is 0 Å². The summed E-state index contributed by atoms with van der Waals surface area (Å²) in [6, 6.07) is 0. The third-order valence-electron chi connectivity index (χ3n) is 3.34. The minimum atomic E-state index is -0.464. The lowest BCUT2D eigenvalue weighted by Crippen LogP contribution is -2.35. The van der Waals surface area contributed by atoms with E-state index in [2.05, 4.69) is 20.8 Å². The first-order valence-electron chi connectivity index (χ1n) is 7.10. The van der Waals surface area contributed by atoms with E-state index in [1.807, 2.05) is 20.8 Å². The first kappa shape index (κ1) is 16.3. The summed E-state index contributed by atoms with van der Waals surface area (Å²) in [5.41, 5.74) is -0.254. The van der Waals surface area contributed by atoms with Crippen LogP contribution in [0.25, 0.3) is 0 Å². The molecule has 0 spiro atoms. The van der Waals surface area contributed by atoms with Crippen LogP contribution in [0, 0.1) is 17.3 Å². The maximum atomic E-state index is 12.1. The van der Waals surface area contributed by atoms with Gasteiger partial charge >= 0.3 is 6.09 Å². The fourth-order valence-corrected chi connectivity index (χ4v) is 2.64. The van der Waals surface area contributed by atoms with Crippen molar-refractivity contribution in [3.63, 3.8) is 0 Å². The van der Waals surface area contributed by atoms with Crippen molar-refractivity contribution in [2.45, 2.75) is 53.6 Å². The Morgan fingerprint density at radius 2 is 1.68 bits per heavy atom. The Labute approximate surface area is 117 Å². The molecule has 0 aliphatic carbocycles. The number of ether oxygens (including phenoxy) is 1. The number of hydrogen-bond donors (Lipinski definition) is 1. The molecule has 0 aromatic rings. The molecule has 1 heterocycles. The van der Waals surface area contributed by atoms with E-state index < -0.39 is 5.60 Å². The lowest BCUT2D eigenvalue weighted by Gasteiger charge is -2.26. The molecule has 1 saturated heterocycles. The van der Waals surface area contributed by atoms with Crippen molar-refractivity contribution in [2.75, 3.05) is 19.7 Å². The number of carbonyl (C=O) groups excluding carboxylic acids is 1. The number of carbonyl (C=O) groups is 1. The summed E-state index contributed by atoms with van der Waals surface area (Å²) in [6.45, 7) is 13.6. The highest BCUT2D eigenvalue weighted by molar-refractivity contribution is 5.68. The van der Waals surface area contributed by atoms with Gasteiger partial charge in [0, 0.05) is 25.6 Å². The third kappa shape index (κ3) is 5.39. The molecular weight excluding hydrogens is 242 g/mol. The van der Waals surface area contributed by atoms with E-state index in [9.17, 15) is 9.90 Å². The van der Waals surface area contributed by atoms with Crippen molar-refractivity contribution in [1.29, 1.82) is 0 Å². The number of aliphatic hydroxyl groups excluding tert-OH is 1. The molecule has 4 nitrogen and oxygen atoms in total. The van der Waals surface area contributed by atoms with E-state index in [1.165, 1.54) is 0 Å². The molecule has 0 aromatic carbocycles. The van der Waals surface area contributed by atoms with Crippen LogP contribution in [0.4, 0.5) is 4.79 Å². The standard InChI is InChI=1S/C15H29NO3/c1-14(2,3)7-11-8-16(9-12(11)10-17)13(18)19-15(4,5)6/h11-12,17H,7-10H2,1-6H3/t11-,12+/m1/s1. The molecule has 0 saturated carbocycles. The molecule has 1 rings (SSSR count). The molecule has 112 valence electrons. The van der Waals surface area contributed by atoms with Gasteiger partial charge in [-0.25, -0.2) is 4.79 Å². The summed E-state index contributed by atoms with van der Waals surface area (Å²) in [4.78, 5) is 13.8. The van der Waals surface area contributed by atoms with E-state index in [4.69, 9.17) is 4.74 Å². The van der Waals surface area contributed by atoms with Crippen LogP contribution in [0.2, 0.25) is 0 Å². The molecule has 1 aliphatic heterocycles. The zero-order valence-electron chi connectivity index (χ0n) is 13.2. The molecule has 1 aliphatic rings. The zero-order valence-corrected chi connectivity index (χ0v) is 13.2. The van der Waals surface area contributed by atoms with E-state index >= 15 is 0 Å². The topological polar surface area (TPSA) is 49.8 Å². The maximum Gasteiger partial charge on any atom is 0.410 e. The Morgan fingerprint density at radius 1 is 1.16 bits per heavy atom. The van der Waals surface area contributed by atoms with Gasteiger partial charge in [0.15, 0.2) is 0 Å². The summed E-state index contributed by atoms with van der Waals surface area (Å²) < 4.78 is 5.40. The quantitative estimate of drug-likeness (QED) is 0.840. The predicted octanol–water partition coefficient (Wildman–Crippen LogP) is 2.90. The van der Waals surface area contributed by atoms with Crippen molar-refractivity contribution in [1.82, 2.24) is 4.90 Å². The number of likely N-dealkylation sites (tertiary alicyclic amines) is 1. The monoisotopic (exact) mass is 271 g/mol. The molecule has 4 heteroatoms. The highest BCUT2D eigenvalue weighted by atomic mass is 16.6. The molecule has 1 fully saturated rings. The van der Waals surface area contributed by atoms with Gasteiger partial charge in [-0.1, -0.05) is 20.8 Å². The highest BCUT2D eigenvalue weighted by Crippen LogP contribution is 2.34. The average molecular weight is 271 g/mol. The van der Waals surface area contributed by atoms with Gasteiger partial charge in [-0.15, -0.1) is 0 Å². The first-order valence-corrected chi connectivity index (χ1v) is 7.10. The SMILES string of the molecule is CC(C)(C)C[C@@H]1CN(C(=O)OC(C)(C)C)C[C@H]1CO. The molecule has 19 heavy (non-hydrogen) atoms. The van der Waals surface area contributed by atoms with E-state index in [0.717, 1.165) is 6.42 Å². The summed E-state index contributed by atoms with van der Waals surface area (Å²) in [5, 5.41) is 9.49. The molecular formula is C15H29NO3. The van der Waals surface area contributed by atoms with Gasteiger partial charge in [0.25, 0.3) is 0 Å². The van der Waals surface area contributed by atoms with Crippen LogP contribution in [-0.2, 0) is 4.74 Å². The van der Waals surface area contributed by atoms with Gasteiger partial charge in [-0.05, 0) is 38.5 Å². The van der Waals surface area contributed by atoms with Gasteiger partial charge in [0.05, 0.1) is 0 Å². The lowest BCUT2D eigenvalue weighted by atomic mass is 9.80. The summed E-state index contributed by atoms with van der Waals surface area (Å²) in [5.74, 6) is 0.532. The zero-order chi connectivity index (χ0) is 14.8. The number of amides is 1. The molecule has 1 N–H and O–H groups in total. The molecule has 1 amide bonds. The van der Waals surface area contributed by atoms with Crippen molar-refractivity contribution in [3.8, 4) is 0 Å². The van der Waals surface area contributed by atoms with Gasteiger partial charge < -0.3 is 14.7 Å². The fourth-order valence-electron chi connectivity index (χ4n) is 2.64. The number of hydrogen-bond acceptors (Lipinski definition) is 3. The normalized spacial score (nSPS) is 24.7. The van der Waals surface area contributed by atoms with Crippen molar-refractivity contribution < 1.29 is 14.6 Å². The molecule has 2 atom stereocenters. The first-order chi connectivity index (χ1) is 8.52. The minimum absolute atomic E-state index is 0.139. The van der Waals surface area contributed by atoms with Gasteiger partial charge in [-0.3, -0.25) is 0 Å². The summed E-state index contributed by atoms with van der Waals surface area (Å²) in [7, 11) is 0. The second-order valence-electron chi connectivity index (χ2n) is 7.85. The Kier molecular flexibility index (Phi) is 4.88. The average Bonchev–Trinajstić information content (AvgIpc) is 2.55. The Hall–Kier alpha value is -0.770. The second-order valence-corrected chi connectivity index (χ2v) is 7.85. The number of rotatable bonds is 2. The van der Waals surface area contributed by atoms with Crippen molar-refractivity contribution in [2.24, 2.45) is 17.3 Å². The Morgan fingerprint density at radius 3 is 2.11 bits per heavy atom. The van der Waals surface area contributed by atoms with Crippen LogP contribution in [0.1, 0.15) is 48.0 Å². The van der Waals surface area contributed by atoms with Crippen molar-refractivity contribution in [3.05, 3.63) is 0 Å². The van der Waals surface area contributed by atoms with E-state index in [0.29, 0.717) is 19.0 Å². The van der Waals surface area contributed by atoms with Crippen LogP contribution >= 0.6 is 0 Å². The van der Waals surface area contributed by atoms with Crippen LogP contribution in [0.15, 0.2) is 0 Å². The van der Waals surface area contributed by atoms with Crippen LogP contribution in [-0.4, -0.2) is 41.4 Å². The second kappa shape index (κ2) is 5.70. The number of nitrogens with zero attached hydrogens (tertiary/aromatic N) is 1. The van der Waals surface area contributed by atoms with Crippen LogP contribution < -0.4 is 0 Å².